The highest BCUT2D eigenvalue weighted by molar-refractivity contribution is 6.31. The van der Waals surface area contributed by atoms with E-state index >= 15 is 0 Å². The second-order valence-corrected chi connectivity index (χ2v) is 5.89. The summed E-state index contributed by atoms with van der Waals surface area (Å²) in [5.74, 6) is 0.965. The average molecular weight is 336 g/mol. The van der Waals surface area contributed by atoms with Gasteiger partial charge in [-0.05, 0) is 13.0 Å². The molecular weight excluding hydrogens is 318 g/mol. The minimum atomic E-state index is -0.127. The lowest BCUT2D eigenvalue weighted by Crippen LogP contribution is -2.42. The normalized spacial score (nSPS) is 18.8. The first-order valence-electron chi connectivity index (χ1n) is 7.43. The van der Waals surface area contributed by atoms with Gasteiger partial charge in [-0.3, -0.25) is 9.69 Å². The molecule has 1 saturated heterocycles. The van der Waals surface area contributed by atoms with Crippen molar-refractivity contribution in [3.05, 3.63) is 46.7 Å². The number of amides is 1. The van der Waals surface area contributed by atoms with E-state index in [0.717, 1.165) is 5.56 Å². The highest BCUT2D eigenvalue weighted by Gasteiger charge is 2.25. The highest BCUT2D eigenvalue weighted by Crippen LogP contribution is 2.28. The van der Waals surface area contributed by atoms with E-state index in [0.29, 0.717) is 36.3 Å². The minimum absolute atomic E-state index is 0.125. The summed E-state index contributed by atoms with van der Waals surface area (Å²) in [6.07, 6.45) is -0.125. The maximum absolute atomic E-state index is 12.1. The molecule has 6 nitrogen and oxygen atoms in total. The van der Waals surface area contributed by atoms with Crippen LogP contribution in [0.25, 0.3) is 0 Å². The molecule has 0 bridgehead atoms. The third-order valence-electron chi connectivity index (χ3n) is 3.67. The Morgan fingerprint density at radius 3 is 3.04 bits per heavy atom. The van der Waals surface area contributed by atoms with E-state index in [4.69, 9.17) is 20.9 Å². The minimum Gasteiger partial charge on any atom is -0.371 e. The van der Waals surface area contributed by atoms with Crippen molar-refractivity contribution in [2.45, 2.75) is 13.0 Å². The molecule has 1 amide bonds. The predicted molar refractivity (Wildman–Crippen MR) is 86.5 cm³/mol. The molecule has 1 fully saturated rings. The Morgan fingerprint density at radius 1 is 1.48 bits per heavy atom. The van der Waals surface area contributed by atoms with Gasteiger partial charge in [0, 0.05) is 29.7 Å². The van der Waals surface area contributed by atoms with Gasteiger partial charge in [-0.25, -0.2) is 0 Å². The maximum Gasteiger partial charge on any atom is 0.239 e. The third kappa shape index (κ3) is 4.10. The first-order valence-corrected chi connectivity index (χ1v) is 7.81. The number of halogens is 1. The fourth-order valence-corrected chi connectivity index (χ4v) is 2.84. The molecule has 3 rings (SSSR count). The number of carbonyl (C=O) groups excluding carboxylic acids is 1. The molecule has 1 aliphatic rings. The lowest BCUT2D eigenvalue weighted by Gasteiger charge is -2.32. The smallest absolute Gasteiger partial charge is 0.239 e. The zero-order valence-electron chi connectivity index (χ0n) is 12.8. The van der Waals surface area contributed by atoms with Crippen LogP contribution < -0.4 is 5.32 Å². The number of aromatic nitrogens is 1. The van der Waals surface area contributed by atoms with Gasteiger partial charge < -0.3 is 14.6 Å². The Morgan fingerprint density at radius 2 is 2.30 bits per heavy atom. The molecule has 1 aromatic heterocycles. The largest absolute Gasteiger partial charge is 0.371 e. The van der Waals surface area contributed by atoms with Gasteiger partial charge in [0.15, 0.2) is 5.82 Å². The Bertz CT molecular complexity index is 689. The van der Waals surface area contributed by atoms with Gasteiger partial charge in [0.1, 0.15) is 5.76 Å². The van der Waals surface area contributed by atoms with Crippen molar-refractivity contribution >= 4 is 23.3 Å². The van der Waals surface area contributed by atoms with E-state index in [9.17, 15) is 4.79 Å². The molecule has 7 heteroatoms. The second-order valence-electron chi connectivity index (χ2n) is 5.49. The number of ether oxygens (including phenoxy) is 1. The van der Waals surface area contributed by atoms with E-state index < -0.39 is 0 Å². The number of benzene rings is 1. The van der Waals surface area contributed by atoms with Crippen molar-refractivity contribution in [3.63, 3.8) is 0 Å². The molecule has 122 valence electrons. The topological polar surface area (TPSA) is 67.6 Å². The number of hydrogen-bond acceptors (Lipinski definition) is 5. The molecule has 0 saturated carbocycles. The Hall–Kier alpha value is -1.89. The molecule has 0 aliphatic carbocycles. The summed E-state index contributed by atoms with van der Waals surface area (Å²) in [5, 5.41) is 7.16. The summed E-state index contributed by atoms with van der Waals surface area (Å²) in [7, 11) is 0. The van der Waals surface area contributed by atoms with Crippen molar-refractivity contribution in [2.75, 3.05) is 31.6 Å². The summed E-state index contributed by atoms with van der Waals surface area (Å²) in [5.41, 5.74) is 0.950. The fourth-order valence-electron chi connectivity index (χ4n) is 2.58. The Balaban J connectivity index is 1.58. The molecule has 0 radical (unpaired) electrons. The van der Waals surface area contributed by atoms with Crippen LogP contribution >= 0.6 is 11.6 Å². The average Bonchev–Trinajstić information content (AvgIpc) is 2.93. The molecule has 23 heavy (non-hydrogen) atoms. The van der Waals surface area contributed by atoms with Crippen LogP contribution in [0.4, 0.5) is 5.82 Å². The van der Waals surface area contributed by atoms with Crippen LogP contribution in [0.1, 0.15) is 17.4 Å². The summed E-state index contributed by atoms with van der Waals surface area (Å²) < 4.78 is 10.7. The van der Waals surface area contributed by atoms with Crippen LogP contribution in [0.2, 0.25) is 5.02 Å². The molecule has 2 aromatic rings. The van der Waals surface area contributed by atoms with Gasteiger partial charge in [0.2, 0.25) is 5.91 Å². The van der Waals surface area contributed by atoms with Gasteiger partial charge in [0.25, 0.3) is 0 Å². The number of morpholine rings is 1. The van der Waals surface area contributed by atoms with Gasteiger partial charge in [-0.1, -0.05) is 35.0 Å². The lowest BCUT2D eigenvalue weighted by atomic mass is 10.1. The number of nitrogens with one attached hydrogen (secondary N) is 1. The summed E-state index contributed by atoms with van der Waals surface area (Å²) in [6.45, 7) is 3.93. The quantitative estimate of drug-likeness (QED) is 0.930. The van der Waals surface area contributed by atoms with E-state index in [2.05, 4.69) is 10.5 Å². The number of nitrogens with zero attached hydrogens (tertiary/aromatic N) is 2. The first kappa shape index (κ1) is 16.0. The number of hydrogen-bond donors (Lipinski definition) is 1. The van der Waals surface area contributed by atoms with Crippen LogP contribution in [0, 0.1) is 6.92 Å². The van der Waals surface area contributed by atoms with Gasteiger partial charge in [-0.15, -0.1) is 0 Å². The van der Waals surface area contributed by atoms with E-state index in [1.54, 1.807) is 13.0 Å². The Labute approximate surface area is 139 Å². The number of aryl methyl sites for hydroxylation is 1. The van der Waals surface area contributed by atoms with E-state index in [1.807, 2.05) is 29.2 Å². The molecule has 0 unspecified atom stereocenters. The summed E-state index contributed by atoms with van der Waals surface area (Å²) in [6, 6.07) is 9.31. The monoisotopic (exact) mass is 335 g/mol. The third-order valence-corrected chi connectivity index (χ3v) is 4.01. The summed E-state index contributed by atoms with van der Waals surface area (Å²) in [4.78, 5) is 14.1. The van der Waals surface area contributed by atoms with Crippen molar-refractivity contribution in [1.29, 1.82) is 0 Å². The maximum atomic E-state index is 12.1. The zero-order valence-corrected chi connectivity index (χ0v) is 13.5. The molecule has 1 atom stereocenters. The first-order chi connectivity index (χ1) is 11.1. The molecule has 1 aliphatic heterocycles. The van der Waals surface area contributed by atoms with Gasteiger partial charge >= 0.3 is 0 Å². The zero-order chi connectivity index (χ0) is 16.2. The number of anilines is 1. The lowest BCUT2D eigenvalue weighted by molar-refractivity contribution is -0.119. The summed E-state index contributed by atoms with van der Waals surface area (Å²) >= 11 is 6.22. The predicted octanol–water partition coefficient (Wildman–Crippen LogP) is 2.65. The van der Waals surface area contributed by atoms with Crippen LogP contribution in [0.15, 0.2) is 34.9 Å². The Kier molecular flexibility index (Phi) is 4.95. The molecular formula is C16H18ClN3O3. The number of carbonyl (C=O) groups is 1. The van der Waals surface area contributed by atoms with Crippen LogP contribution in [-0.4, -0.2) is 42.2 Å². The van der Waals surface area contributed by atoms with Crippen molar-refractivity contribution in [1.82, 2.24) is 10.1 Å². The van der Waals surface area contributed by atoms with Crippen molar-refractivity contribution in [2.24, 2.45) is 0 Å². The second kappa shape index (κ2) is 7.12. The highest BCUT2D eigenvalue weighted by atomic mass is 35.5. The van der Waals surface area contributed by atoms with Crippen LogP contribution in [0.5, 0.6) is 0 Å². The van der Waals surface area contributed by atoms with Gasteiger partial charge in [0.05, 0.1) is 19.3 Å². The molecule has 0 spiro atoms. The SMILES string of the molecule is Cc1cc(NC(=O)CN2CCO[C@@H](c3ccccc3Cl)C2)no1. The van der Waals surface area contributed by atoms with Crippen LogP contribution in [-0.2, 0) is 9.53 Å². The van der Waals surface area contributed by atoms with Crippen molar-refractivity contribution < 1.29 is 14.1 Å². The van der Waals surface area contributed by atoms with E-state index in [1.165, 1.54) is 0 Å². The molecule has 1 N–H and O–H groups in total. The van der Waals surface area contributed by atoms with E-state index in [-0.39, 0.29) is 18.6 Å². The molecule has 1 aromatic carbocycles. The fraction of sp³-hybridized carbons (Fsp3) is 0.375. The number of rotatable bonds is 4. The van der Waals surface area contributed by atoms with Gasteiger partial charge in [-0.2, -0.15) is 0 Å². The van der Waals surface area contributed by atoms with Crippen molar-refractivity contribution in [3.8, 4) is 0 Å². The molecule has 2 heterocycles. The standard InChI is InChI=1S/C16H18ClN3O3/c1-11-8-15(19-23-11)18-16(21)10-20-6-7-22-14(9-20)12-4-2-3-5-13(12)17/h2-5,8,14H,6-7,9-10H2,1H3,(H,18,19,21)/t14-/m1/s1. The van der Waals surface area contributed by atoms with Crippen LogP contribution in [0.3, 0.4) is 0 Å².